The molecule has 5 nitrogen and oxygen atoms in total. The number of nitrogens with zero attached hydrogens (tertiary/aromatic N) is 2. The highest BCUT2D eigenvalue weighted by atomic mass is 19.4. The fourth-order valence-electron chi connectivity index (χ4n) is 2.57. The molecule has 0 saturated carbocycles. The van der Waals surface area contributed by atoms with Gasteiger partial charge in [-0.1, -0.05) is 13.3 Å². The number of rotatable bonds is 9. The zero-order valence-corrected chi connectivity index (χ0v) is 13.1. The van der Waals surface area contributed by atoms with Crippen LogP contribution in [-0.2, 0) is 9.53 Å². The van der Waals surface area contributed by atoms with Gasteiger partial charge in [0.15, 0.2) is 0 Å². The van der Waals surface area contributed by atoms with E-state index in [-0.39, 0.29) is 18.1 Å². The fourth-order valence-corrected chi connectivity index (χ4v) is 2.57. The summed E-state index contributed by atoms with van der Waals surface area (Å²) in [5.74, 6) is -0.206. The minimum Gasteiger partial charge on any atom is -0.379 e. The first-order valence-electron chi connectivity index (χ1n) is 7.73. The first kappa shape index (κ1) is 19.2. The molecule has 0 aromatic rings. The van der Waals surface area contributed by atoms with Gasteiger partial charge in [0.05, 0.1) is 19.8 Å². The van der Waals surface area contributed by atoms with Gasteiger partial charge < -0.3 is 15.4 Å². The molecule has 0 unspecified atom stereocenters. The van der Waals surface area contributed by atoms with Crippen LogP contribution in [-0.4, -0.2) is 67.9 Å². The Hall–Kier alpha value is -0.860. The summed E-state index contributed by atoms with van der Waals surface area (Å²) in [6.07, 6.45) is -1.01. The maximum Gasteiger partial charge on any atom is 0.460 e. The molecule has 1 aliphatic heterocycles. The number of alkyl halides is 3. The molecule has 1 rings (SSSR count). The summed E-state index contributed by atoms with van der Waals surface area (Å²) in [5, 5.41) is 0. The van der Waals surface area contributed by atoms with Crippen LogP contribution in [0.1, 0.15) is 26.2 Å². The van der Waals surface area contributed by atoms with Gasteiger partial charge in [-0.2, -0.15) is 13.2 Å². The van der Waals surface area contributed by atoms with Crippen molar-refractivity contribution >= 4 is 5.91 Å². The number of primary amides is 1. The lowest BCUT2D eigenvalue weighted by Crippen LogP contribution is -2.45. The molecule has 1 saturated heterocycles. The number of carbonyl (C=O) groups excluding carboxylic acids is 1. The Morgan fingerprint density at radius 2 is 1.95 bits per heavy atom. The molecule has 0 aromatic carbocycles. The Balaban J connectivity index is 2.14. The van der Waals surface area contributed by atoms with Gasteiger partial charge in [0.25, 0.3) is 0 Å². The van der Waals surface area contributed by atoms with Crippen molar-refractivity contribution in [2.75, 3.05) is 45.9 Å². The Morgan fingerprint density at radius 3 is 2.45 bits per heavy atom. The Morgan fingerprint density at radius 1 is 1.32 bits per heavy atom. The first-order valence-corrected chi connectivity index (χ1v) is 7.73. The van der Waals surface area contributed by atoms with Gasteiger partial charge in [-0.3, -0.25) is 4.79 Å². The van der Waals surface area contributed by atoms with Gasteiger partial charge in [0, 0.05) is 13.1 Å². The fraction of sp³-hybridized carbons (Fsp3) is 0.929. The van der Waals surface area contributed by atoms with Crippen LogP contribution in [0.15, 0.2) is 0 Å². The molecule has 1 aliphatic rings. The van der Waals surface area contributed by atoms with Gasteiger partial charge in [-0.25, -0.2) is 4.90 Å². The van der Waals surface area contributed by atoms with Gasteiger partial charge in [0.2, 0.25) is 5.91 Å². The van der Waals surface area contributed by atoms with Crippen LogP contribution in [0.3, 0.4) is 0 Å². The number of nitrogens with two attached hydrogens (primary N) is 1. The molecule has 1 fully saturated rings. The second kappa shape index (κ2) is 9.32. The normalized spacial score (nSPS) is 18.0. The van der Waals surface area contributed by atoms with Crippen LogP contribution in [0.25, 0.3) is 0 Å². The predicted octanol–water partition coefficient (Wildman–Crippen LogP) is 1.43. The van der Waals surface area contributed by atoms with E-state index >= 15 is 0 Å². The predicted molar refractivity (Wildman–Crippen MR) is 77.1 cm³/mol. The molecular weight excluding hydrogens is 299 g/mol. The van der Waals surface area contributed by atoms with Gasteiger partial charge in [-0.05, 0) is 31.8 Å². The smallest absolute Gasteiger partial charge is 0.379 e. The Kier molecular flexibility index (Phi) is 8.13. The largest absolute Gasteiger partial charge is 0.460 e. The topological polar surface area (TPSA) is 58.8 Å². The number of hydrogen-bond donors (Lipinski definition) is 1. The zero-order chi connectivity index (χ0) is 16.6. The number of amides is 1. The van der Waals surface area contributed by atoms with E-state index in [0.717, 1.165) is 25.6 Å². The van der Waals surface area contributed by atoms with Crippen molar-refractivity contribution in [1.82, 2.24) is 9.80 Å². The highest BCUT2D eigenvalue weighted by Gasteiger charge is 2.37. The summed E-state index contributed by atoms with van der Waals surface area (Å²) >= 11 is 0. The number of piperidine rings is 1. The third-order valence-electron chi connectivity index (χ3n) is 4.05. The monoisotopic (exact) mass is 325 g/mol. The third-order valence-corrected chi connectivity index (χ3v) is 4.05. The van der Waals surface area contributed by atoms with Crippen molar-refractivity contribution < 1.29 is 22.7 Å². The molecule has 0 atom stereocenters. The minimum absolute atomic E-state index is 0.0712. The lowest BCUT2D eigenvalue weighted by atomic mass is 9.94. The number of likely N-dealkylation sites (tertiary alicyclic amines) is 1. The second-order valence-corrected chi connectivity index (χ2v) is 5.66. The molecule has 130 valence electrons. The van der Waals surface area contributed by atoms with Gasteiger partial charge in [0.1, 0.15) is 0 Å². The standard InChI is InChI=1S/C14H26F3N3O2/c1-2-12-3-5-19(6-4-12)7-9-22-10-8-20(11-13(18)21)14(15,16)17/h12H,2-11H2,1H3,(H2,18,21). The third kappa shape index (κ3) is 7.42. The summed E-state index contributed by atoms with van der Waals surface area (Å²) in [5.41, 5.74) is 4.81. The lowest BCUT2D eigenvalue weighted by molar-refractivity contribution is -0.246. The van der Waals surface area contributed by atoms with E-state index in [0.29, 0.717) is 6.61 Å². The molecule has 2 N–H and O–H groups in total. The van der Waals surface area contributed by atoms with E-state index < -0.39 is 18.8 Å². The number of carbonyl (C=O) groups is 1. The van der Waals surface area contributed by atoms with E-state index in [1.165, 1.54) is 19.3 Å². The molecule has 0 aliphatic carbocycles. The second-order valence-electron chi connectivity index (χ2n) is 5.66. The summed E-state index contributed by atoms with van der Waals surface area (Å²) in [6, 6.07) is 0. The lowest BCUT2D eigenvalue weighted by Gasteiger charge is -2.31. The number of hydrogen-bond acceptors (Lipinski definition) is 4. The van der Waals surface area contributed by atoms with Crippen LogP contribution in [0.2, 0.25) is 0 Å². The van der Waals surface area contributed by atoms with Crippen LogP contribution >= 0.6 is 0 Å². The van der Waals surface area contributed by atoms with Crippen molar-refractivity contribution in [2.24, 2.45) is 11.7 Å². The van der Waals surface area contributed by atoms with Crippen molar-refractivity contribution in [3.05, 3.63) is 0 Å². The van der Waals surface area contributed by atoms with Crippen molar-refractivity contribution in [3.8, 4) is 0 Å². The highest BCUT2D eigenvalue weighted by molar-refractivity contribution is 5.75. The maximum atomic E-state index is 12.6. The maximum absolute atomic E-state index is 12.6. The Bertz CT molecular complexity index is 332. The van der Waals surface area contributed by atoms with E-state index in [9.17, 15) is 18.0 Å². The average molecular weight is 325 g/mol. The molecular formula is C14H26F3N3O2. The van der Waals surface area contributed by atoms with E-state index in [4.69, 9.17) is 10.5 Å². The minimum atomic E-state index is -4.57. The molecule has 1 heterocycles. The molecule has 0 aromatic heterocycles. The summed E-state index contributed by atoms with van der Waals surface area (Å²) in [4.78, 5) is 13.0. The number of ether oxygens (including phenoxy) is 1. The summed E-state index contributed by atoms with van der Waals surface area (Å²) in [6.45, 7) is 4.09. The molecule has 1 amide bonds. The summed E-state index contributed by atoms with van der Waals surface area (Å²) < 4.78 is 43.1. The van der Waals surface area contributed by atoms with E-state index in [1.807, 2.05) is 0 Å². The average Bonchev–Trinajstić information content (AvgIpc) is 2.45. The quantitative estimate of drug-likeness (QED) is 0.515. The van der Waals surface area contributed by atoms with Crippen LogP contribution in [0.5, 0.6) is 0 Å². The van der Waals surface area contributed by atoms with Crippen LogP contribution in [0.4, 0.5) is 13.2 Å². The van der Waals surface area contributed by atoms with Crippen molar-refractivity contribution in [2.45, 2.75) is 32.5 Å². The molecule has 0 spiro atoms. The molecule has 22 heavy (non-hydrogen) atoms. The SMILES string of the molecule is CCC1CCN(CCOCCN(CC(N)=O)C(F)(F)F)CC1. The zero-order valence-electron chi connectivity index (χ0n) is 13.1. The summed E-state index contributed by atoms with van der Waals surface area (Å²) in [7, 11) is 0. The Labute approximate surface area is 129 Å². The van der Waals surface area contributed by atoms with Gasteiger partial charge in [-0.15, -0.1) is 0 Å². The highest BCUT2D eigenvalue weighted by Crippen LogP contribution is 2.20. The van der Waals surface area contributed by atoms with Crippen LogP contribution in [0, 0.1) is 5.92 Å². The van der Waals surface area contributed by atoms with Gasteiger partial charge >= 0.3 is 6.30 Å². The first-order chi connectivity index (χ1) is 10.3. The number of halogens is 3. The van der Waals surface area contributed by atoms with Crippen molar-refractivity contribution in [3.63, 3.8) is 0 Å². The van der Waals surface area contributed by atoms with E-state index in [1.54, 1.807) is 0 Å². The molecule has 0 radical (unpaired) electrons. The molecule has 0 bridgehead atoms. The van der Waals surface area contributed by atoms with Crippen molar-refractivity contribution in [1.29, 1.82) is 0 Å². The van der Waals surface area contributed by atoms with Crippen LogP contribution < -0.4 is 5.73 Å². The van der Waals surface area contributed by atoms with E-state index in [2.05, 4.69) is 11.8 Å². The molecule has 8 heteroatoms.